The minimum absolute atomic E-state index is 0.0754. The molecule has 0 bridgehead atoms. The number of alkyl carbamates (subject to hydrolysis) is 1. The number of cyclic esters (lactones) is 1. The summed E-state index contributed by atoms with van der Waals surface area (Å²) >= 11 is 0. The van der Waals surface area contributed by atoms with E-state index in [0.717, 1.165) is 10.5 Å². The number of ether oxygens (including phenoxy) is 4. The van der Waals surface area contributed by atoms with Crippen LogP contribution in [-0.4, -0.2) is 86.9 Å². The van der Waals surface area contributed by atoms with Gasteiger partial charge >= 0.3 is 24.1 Å². The van der Waals surface area contributed by atoms with Crippen LogP contribution in [0.3, 0.4) is 0 Å². The second-order valence-corrected chi connectivity index (χ2v) is 11.2. The maximum absolute atomic E-state index is 13.8. The van der Waals surface area contributed by atoms with E-state index in [2.05, 4.69) is 20.4 Å². The molecule has 0 aliphatic carbocycles. The molecule has 1 N–H and O–H groups in total. The Hall–Kier alpha value is -4.49. The molecule has 0 saturated carbocycles. The van der Waals surface area contributed by atoms with Gasteiger partial charge < -0.3 is 24.3 Å². The first-order valence-electron chi connectivity index (χ1n) is 13.5. The molecule has 1 aromatic carbocycles. The first-order valence-corrected chi connectivity index (χ1v) is 13.5. The molecule has 42 heavy (non-hydrogen) atoms. The number of hydrogen-bond donors (Lipinski definition) is 1. The zero-order valence-electron chi connectivity index (χ0n) is 24.7. The van der Waals surface area contributed by atoms with Crippen molar-refractivity contribution in [1.29, 1.82) is 0 Å². The lowest BCUT2D eigenvalue weighted by atomic mass is 10.0. The van der Waals surface area contributed by atoms with Crippen molar-refractivity contribution in [3.8, 4) is 0 Å². The average Bonchev–Trinajstić information content (AvgIpc) is 3.49. The topological polar surface area (TPSA) is 168 Å². The van der Waals surface area contributed by atoms with Crippen LogP contribution in [-0.2, 0) is 41.5 Å². The van der Waals surface area contributed by atoms with Crippen molar-refractivity contribution in [2.24, 2.45) is 5.92 Å². The number of benzene rings is 1. The van der Waals surface area contributed by atoms with Crippen LogP contribution in [0.15, 0.2) is 36.5 Å². The highest BCUT2D eigenvalue weighted by molar-refractivity contribution is 5.98. The van der Waals surface area contributed by atoms with Gasteiger partial charge in [0.2, 0.25) is 6.10 Å². The number of imide groups is 1. The molecule has 1 aromatic heterocycles. The lowest BCUT2D eigenvalue weighted by Crippen LogP contribution is -2.54. The molecule has 2 aromatic rings. The summed E-state index contributed by atoms with van der Waals surface area (Å²) < 4.78 is 21.9. The minimum atomic E-state index is -1.16. The molecule has 1 aliphatic heterocycles. The summed E-state index contributed by atoms with van der Waals surface area (Å²) in [4.78, 5) is 64.8. The van der Waals surface area contributed by atoms with Crippen LogP contribution in [0.5, 0.6) is 0 Å². The fourth-order valence-electron chi connectivity index (χ4n) is 4.21. The van der Waals surface area contributed by atoms with E-state index in [9.17, 15) is 24.0 Å². The van der Waals surface area contributed by atoms with Crippen LogP contribution in [0.25, 0.3) is 0 Å². The molecular formula is C28H37N5O9. The molecule has 14 nitrogen and oxygen atoms in total. The van der Waals surface area contributed by atoms with Gasteiger partial charge in [-0.3, -0.25) is 4.79 Å². The summed E-state index contributed by atoms with van der Waals surface area (Å²) in [6.07, 6.45) is -2.24. The van der Waals surface area contributed by atoms with Crippen LogP contribution >= 0.6 is 0 Å². The number of rotatable bonds is 10. The Labute approximate surface area is 243 Å². The lowest BCUT2D eigenvalue weighted by Gasteiger charge is -2.27. The van der Waals surface area contributed by atoms with E-state index in [-0.39, 0.29) is 24.6 Å². The molecule has 3 rings (SSSR count). The third-order valence-corrected chi connectivity index (χ3v) is 6.26. The zero-order chi connectivity index (χ0) is 31.2. The predicted octanol–water partition coefficient (Wildman–Crippen LogP) is 2.50. The van der Waals surface area contributed by atoms with Crippen molar-refractivity contribution >= 4 is 30.0 Å². The SMILES string of the molecule is COC(=O)[C@H](OC(=O)c1cn(C[C@@H]2[C@@H](C)OC(=O)N2C(=O)[C@@H](Cc2ccccc2)NC(=O)OC(C)(C)C)nn1)C(C)C. The molecule has 2 heterocycles. The van der Waals surface area contributed by atoms with Gasteiger partial charge in [0, 0.05) is 12.3 Å². The third kappa shape index (κ3) is 8.27. The van der Waals surface area contributed by atoms with E-state index in [1.807, 2.05) is 6.07 Å². The van der Waals surface area contributed by atoms with Crippen LogP contribution in [0, 0.1) is 5.92 Å². The Morgan fingerprint density at radius 3 is 2.38 bits per heavy atom. The number of methoxy groups -OCH3 is 1. The van der Waals surface area contributed by atoms with E-state index in [1.165, 1.54) is 18.0 Å². The van der Waals surface area contributed by atoms with Crippen molar-refractivity contribution < 1.29 is 42.9 Å². The molecule has 0 spiro atoms. The first kappa shape index (κ1) is 32.0. The molecule has 3 amide bonds. The summed E-state index contributed by atoms with van der Waals surface area (Å²) in [5, 5.41) is 10.3. The average molecular weight is 588 g/mol. The van der Waals surface area contributed by atoms with Crippen molar-refractivity contribution in [3.63, 3.8) is 0 Å². The van der Waals surface area contributed by atoms with Gasteiger partial charge in [0.25, 0.3) is 5.91 Å². The Kier molecular flexibility index (Phi) is 10.3. The number of hydrogen-bond acceptors (Lipinski definition) is 11. The Bertz CT molecular complexity index is 1290. The largest absolute Gasteiger partial charge is 0.466 e. The Morgan fingerprint density at radius 1 is 1.12 bits per heavy atom. The van der Waals surface area contributed by atoms with E-state index >= 15 is 0 Å². The van der Waals surface area contributed by atoms with Gasteiger partial charge in [-0.15, -0.1) is 5.10 Å². The fourth-order valence-corrected chi connectivity index (χ4v) is 4.21. The highest BCUT2D eigenvalue weighted by atomic mass is 16.6. The van der Waals surface area contributed by atoms with Crippen molar-refractivity contribution in [1.82, 2.24) is 25.2 Å². The van der Waals surface area contributed by atoms with E-state index in [1.54, 1.807) is 65.8 Å². The fraction of sp³-hybridized carbons (Fsp3) is 0.536. The predicted molar refractivity (Wildman–Crippen MR) is 146 cm³/mol. The molecule has 1 saturated heterocycles. The number of esters is 2. The van der Waals surface area contributed by atoms with Crippen LogP contribution < -0.4 is 5.32 Å². The summed E-state index contributed by atoms with van der Waals surface area (Å²) in [6.45, 7) is 9.99. The maximum atomic E-state index is 13.8. The molecule has 14 heteroatoms. The Morgan fingerprint density at radius 2 is 1.79 bits per heavy atom. The number of amides is 3. The van der Waals surface area contributed by atoms with Crippen molar-refractivity contribution in [2.45, 2.75) is 84.4 Å². The molecule has 1 aliphatic rings. The third-order valence-electron chi connectivity index (χ3n) is 6.26. The molecule has 4 atom stereocenters. The highest BCUT2D eigenvalue weighted by Crippen LogP contribution is 2.23. The van der Waals surface area contributed by atoms with Gasteiger partial charge in [0.15, 0.2) is 5.69 Å². The number of carbonyl (C=O) groups is 5. The summed E-state index contributed by atoms with van der Waals surface area (Å²) in [6, 6.07) is 6.97. The number of aromatic nitrogens is 3. The van der Waals surface area contributed by atoms with Gasteiger partial charge in [-0.25, -0.2) is 28.8 Å². The molecule has 228 valence electrons. The molecule has 0 radical (unpaired) electrons. The Balaban J connectivity index is 1.81. The normalized spacial score (nSPS) is 18.2. The van der Waals surface area contributed by atoms with Gasteiger partial charge in [0.05, 0.1) is 25.9 Å². The summed E-state index contributed by atoms with van der Waals surface area (Å²) in [7, 11) is 1.19. The number of nitrogens with zero attached hydrogens (tertiary/aromatic N) is 4. The van der Waals surface area contributed by atoms with Crippen LogP contribution in [0.2, 0.25) is 0 Å². The summed E-state index contributed by atoms with van der Waals surface area (Å²) in [5.74, 6) is -2.66. The smallest absolute Gasteiger partial charge is 0.417 e. The lowest BCUT2D eigenvalue weighted by molar-refractivity contribution is -0.153. The molecule has 1 fully saturated rings. The van der Waals surface area contributed by atoms with Gasteiger partial charge in [0.1, 0.15) is 17.7 Å². The molecular weight excluding hydrogens is 550 g/mol. The second kappa shape index (κ2) is 13.4. The highest BCUT2D eigenvalue weighted by Gasteiger charge is 2.46. The van der Waals surface area contributed by atoms with Crippen molar-refractivity contribution in [2.75, 3.05) is 7.11 Å². The zero-order valence-corrected chi connectivity index (χ0v) is 24.7. The standard InChI is InChI=1S/C28H37N5O9/c1-16(2)22(25(36)39-7)41-24(35)20-14-32(31-30-20)15-21-17(3)40-27(38)33(21)23(34)19(13-18-11-9-8-10-12-18)29-26(37)42-28(4,5)6/h8-12,14,16-17,19,21-22H,13,15H2,1-7H3,(H,29,37)/t17-,19-,21-,22-/m1/s1. The van der Waals surface area contributed by atoms with Crippen molar-refractivity contribution in [3.05, 3.63) is 47.8 Å². The number of carbonyl (C=O) groups excluding carboxylic acids is 5. The maximum Gasteiger partial charge on any atom is 0.417 e. The van der Waals surface area contributed by atoms with Gasteiger partial charge in [-0.1, -0.05) is 49.4 Å². The quantitative estimate of drug-likeness (QED) is 0.320. The minimum Gasteiger partial charge on any atom is -0.466 e. The monoisotopic (exact) mass is 587 g/mol. The summed E-state index contributed by atoms with van der Waals surface area (Å²) in [5.41, 5.74) is -0.254. The number of nitrogens with one attached hydrogen (secondary N) is 1. The van der Waals surface area contributed by atoms with E-state index < -0.39 is 59.9 Å². The van der Waals surface area contributed by atoms with Crippen LogP contribution in [0.4, 0.5) is 9.59 Å². The second-order valence-electron chi connectivity index (χ2n) is 11.2. The van der Waals surface area contributed by atoms with E-state index in [4.69, 9.17) is 14.2 Å². The first-order chi connectivity index (χ1) is 19.7. The molecule has 0 unspecified atom stereocenters. The van der Waals surface area contributed by atoms with Gasteiger partial charge in [-0.05, 0) is 33.3 Å². The van der Waals surface area contributed by atoms with Gasteiger partial charge in [-0.2, -0.15) is 0 Å². The van der Waals surface area contributed by atoms with Crippen LogP contribution in [0.1, 0.15) is 57.6 Å². The van der Waals surface area contributed by atoms with E-state index in [0.29, 0.717) is 0 Å².